The Balaban J connectivity index is 0.000000176. The van der Waals surface area contributed by atoms with Crippen molar-refractivity contribution in [2.24, 2.45) is 0 Å². The van der Waals surface area contributed by atoms with Gasteiger partial charge in [0.1, 0.15) is 0 Å². The first-order chi connectivity index (χ1) is 13.9. The van der Waals surface area contributed by atoms with Gasteiger partial charge in [-0.05, 0) is 56.2 Å². The van der Waals surface area contributed by atoms with Crippen molar-refractivity contribution < 1.29 is 24.2 Å². The zero-order valence-electron chi connectivity index (χ0n) is 16.8. The Morgan fingerprint density at radius 2 is 1.86 bits per heavy atom. The van der Waals surface area contributed by atoms with E-state index in [9.17, 15) is 9.59 Å². The molecule has 0 aromatic heterocycles. The molecule has 0 fully saturated rings. The number of carbonyl (C=O) groups excluding carboxylic acids is 2. The second kappa shape index (κ2) is 10.9. The minimum absolute atomic E-state index is 0.0214. The Bertz CT molecular complexity index is 836. The van der Waals surface area contributed by atoms with E-state index in [0.29, 0.717) is 19.5 Å². The predicted octanol–water partition coefficient (Wildman–Crippen LogP) is 2.41. The third-order valence-electron chi connectivity index (χ3n) is 3.72. The quantitative estimate of drug-likeness (QED) is 0.588. The maximum absolute atomic E-state index is 11.0. The molecule has 4 rings (SSSR count). The molecule has 0 aliphatic carbocycles. The van der Waals surface area contributed by atoms with Crippen molar-refractivity contribution in [3.05, 3.63) is 47.5 Å². The number of anilines is 2. The maximum Gasteiger partial charge on any atom is 0.243 e. The van der Waals surface area contributed by atoms with Crippen molar-refractivity contribution in [1.82, 2.24) is 5.32 Å². The molecule has 8 heteroatoms. The molecule has 2 aliphatic heterocycles. The second-order valence-corrected chi connectivity index (χ2v) is 6.73. The summed E-state index contributed by atoms with van der Waals surface area (Å²) in [5.74, 6) is 1.52. The van der Waals surface area contributed by atoms with Crippen LogP contribution in [0.3, 0.4) is 0 Å². The van der Waals surface area contributed by atoms with Crippen LogP contribution in [0.25, 0.3) is 0 Å². The van der Waals surface area contributed by atoms with Gasteiger partial charge in [-0.15, -0.1) is 0 Å². The number of aryl methyl sites for hydroxylation is 1. The van der Waals surface area contributed by atoms with Crippen molar-refractivity contribution in [2.75, 3.05) is 24.0 Å². The highest BCUT2D eigenvalue weighted by Crippen LogP contribution is 2.32. The molecule has 2 aromatic carbocycles. The van der Waals surface area contributed by atoms with Crippen LogP contribution in [0, 0.1) is 6.92 Å². The third-order valence-corrected chi connectivity index (χ3v) is 3.72. The molecule has 8 nitrogen and oxygen atoms in total. The molecular formula is C21H27N3O5. The van der Waals surface area contributed by atoms with E-state index in [1.165, 1.54) is 0 Å². The summed E-state index contributed by atoms with van der Waals surface area (Å²) in [6.07, 6.45) is 0.505. The molecule has 2 aliphatic rings. The van der Waals surface area contributed by atoms with Crippen LogP contribution in [0.1, 0.15) is 25.0 Å². The van der Waals surface area contributed by atoms with Gasteiger partial charge in [-0.1, -0.05) is 12.1 Å². The van der Waals surface area contributed by atoms with Crippen molar-refractivity contribution >= 4 is 23.7 Å². The summed E-state index contributed by atoms with van der Waals surface area (Å²) < 4.78 is 10.3. The molecule has 0 saturated heterocycles. The highest BCUT2D eigenvalue weighted by Gasteiger charge is 2.13. The Hall–Kier alpha value is -3.26. The smallest absolute Gasteiger partial charge is 0.243 e. The number of hydrogen-bond donors (Lipinski definition) is 4. The van der Waals surface area contributed by atoms with E-state index in [4.69, 9.17) is 14.6 Å². The third kappa shape index (κ3) is 7.34. The number of aliphatic hydroxyl groups is 1. The second-order valence-electron chi connectivity index (χ2n) is 6.73. The first-order valence-electron chi connectivity index (χ1n) is 9.27. The predicted molar refractivity (Wildman–Crippen MR) is 111 cm³/mol. The fourth-order valence-electron chi connectivity index (χ4n) is 2.50. The molecule has 0 radical (unpaired) electrons. The zero-order chi connectivity index (χ0) is 21.2. The zero-order valence-corrected chi connectivity index (χ0v) is 16.8. The molecule has 4 N–H and O–H groups in total. The van der Waals surface area contributed by atoms with Gasteiger partial charge in [0.15, 0.2) is 11.5 Å². The van der Waals surface area contributed by atoms with E-state index in [2.05, 4.69) is 16.0 Å². The molecule has 29 heavy (non-hydrogen) atoms. The van der Waals surface area contributed by atoms with Crippen LogP contribution in [0.15, 0.2) is 36.4 Å². The average molecular weight is 401 g/mol. The Morgan fingerprint density at radius 3 is 2.59 bits per heavy atom. The lowest BCUT2D eigenvalue weighted by molar-refractivity contribution is -0.114. The highest BCUT2D eigenvalue weighted by molar-refractivity contribution is 6.00. The van der Waals surface area contributed by atoms with E-state index in [-0.39, 0.29) is 18.8 Å². The summed E-state index contributed by atoms with van der Waals surface area (Å²) in [4.78, 5) is 21.0. The Labute approximate surface area is 170 Å². The summed E-state index contributed by atoms with van der Waals surface area (Å²) in [6.45, 7) is 6.61. The van der Waals surface area contributed by atoms with E-state index >= 15 is 0 Å². The topological polar surface area (TPSA) is 109 Å². The molecule has 0 atom stereocenters. The van der Waals surface area contributed by atoms with E-state index < -0.39 is 0 Å². The van der Waals surface area contributed by atoms with Gasteiger partial charge in [0.2, 0.25) is 19.1 Å². The first kappa shape index (κ1) is 22.0. The molecule has 0 unspecified atom stereocenters. The van der Waals surface area contributed by atoms with Crippen LogP contribution in [0.5, 0.6) is 11.5 Å². The van der Waals surface area contributed by atoms with E-state index in [1.807, 2.05) is 43.3 Å². The standard InChI is InChI=1S/C9H10N2O.C9H9NO3.C3H8O/c1-6-2-3-7-8(4-6)11-9(12)5-10-7;11-5-10-4-7-1-2-8-9(3-7)13-6-12-8;1-3(2)4/h2-4,10H,5H2,1H3,(H,11,12);1-3,5H,4,6H2,(H,10,11);3-4H,1-2H3. The summed E-state index contributed by atoms with van der Waals surface area (Å²) in [6, 6.07) is 11.5. The Morgan fingerprint density at radius 1 is 1.14 bits per heavy atom. The molecule has 2 aromatic rings. The van der Waals surface area contributed by atoms with Crippen molar-refractivity contribution in [1.29, 1.82) is 0 Å². The lowest BCUT2D eigenvalue weighted by Gasteiger charge is -2.18. The lowest BCUT2D eigenvalue weighted by atomic mass is 10.1. The van der Waals surface area contributed by atoms with Crippen LogP contribution >= 0.6 is 0 Å². The van der Waals surface area contributed by atoms with Gasteiger partial charge < -0.3 is 30.5 Å². The average Bonchev–Trinajstić information content (AvgIpc) is 3.14. The van der Waals surface area contributed by atoms with Crippen LogP contribution < -0.4 is 25.4 Å². The van der Waals surface area contributed by atoms with Crippen LogP contribution in [-0.2, 0) is 16.1 Å². The van der Waals surface area contributed by atoms with Crippen molar-refractivity contribution in [2.45, 2.75) is 33.4 Å². The molecule has 2 amide bonds. The molecular weight excluding hydrogens is 374 g/mol. The maximum atomic E-state index is 11.0. The number of ether oxygens (including phenoxy) is 2. The van der Waals surface area contributed by atoms with Gasteiger partial charge >= 0.3 is 0 Å². The summed E-state index contributed by atoms with van der Waals surface area (Å²) >= 11 is 0. The molecule has 2 heterocycles. The number of amides is 2. The number of fused-ring (bicyclic) bond motifs is 2. The molecule has 0 spiro atoms. The molecule has 156 valence electrons. The van der Waals surface area contributed by atoms with Crippen molar-refractivity contribution in [3.8, 4) is 11.5 Å². The SMILES string of the molecule is CC(C)O.Cc1ccc2c(c1)NC(=O)CN2.O=CNCc1ccc2c(c1)OCO2. The minimum Gasteiger partial charge on any atom is -0.454 e. The van der Waals surface area contributed by atoms with E-state index in [1.54, 1.807) is 13.8 Å². The fraction of sp³-hybridized carbons (Fsp3) is 0.333. The van der Waals surface area contributed by atoms with Gasteiger partial charge in [0, 0.05) is 12.6 Å². The molecule has 0 saturated carbocycles. The number of rotatable bonds is 3. The normalized spacial score (nSPS) is 12.9. The lowest BCUT2D eigenvalue weighted by Crippen LogP contribution is -2.27. The van der Waals surface area contributed by atoms with Gasteiger partial charge in [-0.3, -0.25) is 9.59 Å². The van der Waals surface area contributed by atoms with Gasteiger partial charge in [-0.25, -0.2) is 0 Å². The summed E-state index contributed by atoms with van der Waals surface area (Å²) in [7, 11) is 0. The number of aliphatic hydroxyl groups excluding tert-OH is 1. The van der Waals surface area contributed by atoms with Gasteiger partial charge in [0.05, 0.1) is 17.9 Å². The number of hydrogen-bond acceptors (Lipinski definition) is 6. The van der Waals surface area contributed by atoms with Crippen LogP contribution in [0.2, 0.25) is 0 Å². The monoisotopic (exact) mass is 401 g/mol. The summed E-state index contributed by atoms with van der Waals surface area (Å²) in [5.41, 5.74) is 4.03. The highest BCUT2D eigenvalue weighted by atomic mass is 16.7. The van der Waals surface area contributed by atoms with Gasteiger partial charge in [-0.2, -0.15) is 0 Å². The first-order valence-corrected chi connectivity index (χ1v) is 9.27. The Kier molecular flexibility index (Phi) is 8.29. The number of nitrogens with one attached hydrogen (secondary N) is 3. The minimum atomic E-state index is -0.167. The van der Waals surface area contributed by atoms with Crippen LogP contribution in [-0.4, -0.2) is 36.9 Å². The van der Waals surface area contributed by atoms with Gasteiger partial charge in [0.25, 0.3) is 0 Å². The van der Waals surface area contributed by atoms with Crippen LogP contribution in [0.4, 0.5) is 11.4 Å². The van der Waals surface area contributed by atoms with E-state index in [0.717, 1.165) is 34.0 Å². The van der Waals surface area contributed by atoms with Crippen molar-refractivity contribution in [3.63, 3.8) is 0 Å². The largest absolute Gasteiger partial charge is 0.454 e. The summed E-state index contributed by atoms with van der Waals surface area (Å²) in [5, 5.41) is 16.5. The number of carbonyl (C=O) groups is 2. The number of benzene rings is 2. The fourth-order valence-corrected chi connectivity index (χ4v) is 2.50. The molecule has 0 bridgehead atoms.